The van der Waals surface area contributed by atoms with E-state index in [0.717, 1.165) is 19.6 Å². The average molecular weight is 296 g/mol. The zero-order valence-corrected chi connectivity index (χ0v) is 14.3. The van der Waals surface area contributed by atoms with Crippen molar-refractivity contribution < 1.29 is 0 Å². The first-order chi connectivity index (χ1) is 9.52. The van der Waals surface area contributed by atoms with Gasteiger partial charge in [0.1, 0.15) is 0 Å². The maximum Gasteiger partial charge on any atom is 0.186 e. The molecule has 0 bridgehead atoms. The Hall–Kier alpha value is -0.650. The van der Waals surface area contributed by atoms with Crippen LogP contribution in [0.1, 0.15) is 43.3 Å². The first kappa shape index (κ1) is 15.7. The summed E-state index contributed by atoms with van der Waals surface area (Å²) in [5.74, 6) is 0. The van der Waals surface area contributed by atoms with Gasteiger partial charge in [0.2, 0.25) is 0 Å². The lowest BCUT2D eigenvalue weighted by Gasteiger charge is -2.26. The molecule has 0 spiro atoms. The molecule has 0 radical (unpaired) electrons. The largest absolute Gasteiger partial charge is 0.344 e. The van der Waals surface area contributed by atoms with Crippen LogP contribution in [0.25, 0.3) is 0 Å². The highest BCUT2D eigenvalue weighted by atomic mass is 32.1. The van der Waals surface area contributed by atoms with Gasteiger partial charge in [0.15, 0.2) is 5.13 Å². The monoisotopic (exact) mass is 296 g/mol. The minimum atomic E-state index is 0.404. The molecule has 0 saturated carbocycles. The van der Waals surface area contributed by atoms with Gasteiger partial charge in [-0.15, -0.1) is 11.3 Å². The van der Waals surface area contributed by atoms with E-state index >= 15 is 0 Å². The van der Waals surface area contributed by atoms with Gasteiger partial charge in [-0.2, -0.15) is 0 Å². The van der Waals surface area contributed by atoms with Gasteiger partial charge in [-0.3, -0.25) is 0 Å². The predicted molar refractivity (Wildman–Crippen MR) is 87.9 cm³/mol. The first-order valence-electron chi connectivity index (χ1n) is 7.65. The van der Waals surface area contributed by atoms with Crippen LogP contribution in [-0.2, 0) is 0 Å². The molecule has 2 unspecified atom stereocenters. The highest BCUT2D eigenvalue weighted by molar-refractivity contribution is 7.15. The van der Waals surface area contributed by atoms with Gasteiger partial charge in [-0.1, -0.05) is 6.92 Å². The summed E-state index contributed by atoms with van der Waals surface area (Å²) in [7, 11) is 4.31. The highest BCUT2D eigenvalue weighted by Crippen LogP contribution is 2.34. The molecule has 1 aliphatic heterocycles. The number of hydrogen-bond donors (Lipinski definition) is 1. The Labute approximate surface area is 127 Å². The maximum absolute atomic E-state index is 4.84. The Bertz CT molecular complexity index is 430. The minimum Gasteiger partial charge on any atom is -0.344 e. The lowest BCUT2D eigenvalue weighted by Crippen LogP contribution is -2.37. The van der Waals surface area contributed by atoms with Crippen molar-refractivity contribution in [1.29, 1.82) is 0 Å². The highest BCUT2D eigenvalue weighted by Gasteiger charge is 2.28. The molecule has 114 valence electrons. The average Bonchev–Trinajstić information content (AvgIpc) is 2.95. The van der Waals surface area contributed by atoms with E-state index in [-0.39, 0.29) is 0 Å². The Morgan fingerprint density at radius 3 is 2.90 bits per heavy atom. The Morgan fingerprint density at radius 1 is 1.50 bits per heavy atom. The Balaban J connectivity index is 2.14. The summed E-state index contributed by atoms with van der Waals surface area (Å²) >= 11 is 1.87. The van der Waals surface area contributed by atoms with Crippen LogP contribution in [0.4, 0.5) is 5.13 Å². The second kappa shape index (κ2) is 6.87. The van der Waals surface area contributed by atoms with Gasteiger partial charge < -0.3 is 15.1 Å². The summed E-state index contributed by atoms with van der Waals surface area (Å²) < 4.78 is 0. The molecule has 20 heavy (non-hydrogen) atoms. The summed E-state index contributed by atoms with van der Waals surface area (Å²) in [6, 6.07) is 1.03. The minimum absolute atomic E-state index is 0.404. The molecule has 0 aromatic carbocycles. The van der Waals surface area contributed by atoms with Crippen molar-refractivity contribution in [3.63, 3.8) is 0 Å². The zero-order chi connectivity index (χ0) is 14.7. The van der Waals surface area contributed by atoms with E-state index in [2.05, 4.69) is 50.0 Å². The summed E-state index contributed by atoms with van der Waals surface area (Å²) in [6.45, 7) is 9.80. The summed E-state index contributed by atoms with van der Waals surface area (Å²) in [6.07, 6.45) is 2.57. The number of nitrogens with zero attached hydrogens (tertiary/aromatic N) is 3. The molecule has 4 nitrogen and oxygen atoms in total. The molecule has 1 aliphatic rings. The first-order valence-corrected chi connectivity index (χ1v) is 8.46. The molecular formula is C15H28N4S. The smallest absolute Gasteiger partial charge is 0.186 e. The van der Waals surface area contributed by atoms with Crippen LogP contribution in [0, 0.1) is 6.92 Å². The van der Waals surface area contributed by atoms with Crippen LogP contribution < -0.4 is 10.2 Å². The van der Waals surface area contributed by atoms with E-state index in [1.165, 1.54) is 28.5 Å². The standard InChI is InChI=1S/C15H28N4S/c1-6-16-11(2)14-12(3)17-15(20-14)19-9-7-8-13(19)10-18(4)5/h11,13,16H,6-10H2,1-5H3. The van der Waals surface area contributed by atoms with Crippen molar-refractivity contribution in [3.05, 3.63) is 10.6 Å². The van der Waals surface area contributed by atoms with Crippen LogP contribution in [0.5, 0.6) is 0 Å². The predicted octanol–water partition coefficient (Wildman–Crippen LogP) is 2.65. The molecule has 0 amide bonds. The van der Waals surface area contributed by atoms with E-state index in [9.17, 15) is 0 Å². The molecule has 0 aliphatic carbocycles. The Morgan fingerprint density at radius 2 is 2.25 bits per heavy atom. The lowest BCUT2D eigenvalue weighted by atomic mass is 10.2. The van der Waals surface area contributed by atoms with Crippen LogP contribution in [0.2, 0.25) is 0 Å². The SMILES string of the molecule is CCNC(C)c1sc(N2CCCC2CN(C)C)nc1C. The molecule has 5 heteroatoms. The van der Waals surface area contributed by atoms with E-state index in [4.69, 9.17) is 4.98 Å². The third-order valence-corrected chi connectivity index (χ3v) is 5.30. The van der Waals surface area contributed by atoms with Crippen molar-refractivity contribution in [1.82, 2.24) is 15.2 Å². The maximum atomic E-state index is 4.84. The zero-order valence-electron chi connectivity index (χ0n) is 13.4. The van der Waals surface area contributed by atoms with E-state index in [1.54, 1.807) is 0 Å². The van der Waals surface area contributed by atoms with Crippen LogP contribution in [0.15, 0.2) is 0 Å². The molecule has 2 heterocycles. The van der Waals surface area contributed by atoms with Crippen molar-refractivity contribution in [3.8, 4) is 0 Å². The molecule has 1 aromatic rings. The summed E-state index contributed by atoms with van der Waals surface area (Å²) in [4.78, 5) is 11.0. The fourth-order valence-corrected chi connectivity index (χ4v) is 4.21. The number of anilines is 1. The number of thiazole rings is 1. The second-order valence-electron chi connectivity index (χ2n) is 5.98. The van der Waals surface area contributed by atoms with Crippen molar-refractivity contribution in [2.24, 2.45) is 0 Å². The second-order valence-corrected chi connectivity index (χ2v) is 6.99. The number of nitrogens with one attached hydrogen (secondary N) is 1. The van der Waals surface area contributed by atoms with Gasteiger partial charge in [0.25, 0.3) is 0 Å². The molecular weight excluding hydrogens is 268 g/mol. The van der Waals surface area contributed by atoms with Gasteiger partial charge >= 0.3 is 0 Å². The lowest BCUT2D eigenvalue weighted by molar-refractivity contribution is 0.372. The quantitative estimate of drug-likeness (QED) is 0.874. The van der Waals surface area contributed by atoms with Crippen LogP contribution >= 0.6 is 11.3 Å². The number of hydrogen-bond acceptors (Lipinski definition) is 5. The van der Waals surface area contributed by atoms with Gasteiger partial charge in [-0.25, -0.2) is 4.98 Å². The number of aryl methyl sites for hydroxylation is 1. The topological polar surface area (TPSA) is 31.4 Å². The third-order valence-electron chi connectivity index (χ3n) is 3.92. The van der Waals surface area contributed by atoms with Crippen molar-refractivity contribution in [2.45, 2.75) is 45.7 Å². The third kappa shape index (κ3) is 3.51. The van der Waals surface area contributed by atoms with Gasteiger partial charge in [0.05, 0.1) is 5.69 Å². The van der Waals surface area contributed by atoms with Crippen molar-refractivity contribution in [2.75, 3.05) is 38.6 Å². The molecule has 1 N–H and O–H groups in total. The summed E-state index contributed by atoms with van der Waals surface area (Å²) in [5, 5.41) is 4.71. The van der Waals surface area contributed by atoms with Gasteiger partial charge in [-0.05, 0) is 47.3 Å². The van der Waals surface area contributed by atoms with E-state index < -0.39 is 0 Å². The van der Waals surface area contributed by atoms with Crippen molar-refractivity contribution >= 4 is 16.5 Å². The normalized spacial score (nSPS) is 20.9. The fraction of sp³-hybridized carbons (Fsp3) is 0.800. The molecule has 2 rings (SSSR count). The summed E-state index contributed by atoms with van der Waals surface area (Å²) in [5.41, 5.74) is 1.19. The number of aromatic nitrogens is 1. The molecule has 1 saturated heterocycles. The fourth-order valence-electron chi connectivity index (χ4n) is 3.02. The van der Waals surface area contributed by atoms with Crippen LogP contribution in [-0.4, -0.2) is 49.7 Å². The molecule has 1 aromatic heterocycles. The number of rotatable bonds is 6. The molecule has 2 atom stereocenters. The Kier molecular flexibility index (Phi) is 5.41. The van der Waals surface area contributed by atoms with Gasteiger partial charge in [0, 0.05) is 30.1 Å². The van der Waals surface area contributed by atoms with E-state index in [1.807, 2.05) is 11.3 Å². The van der Waals surface area contributed by atoms with Crippen LogP contribution in [0.3, 0.4) is 0 Å². The van der Waals surface area contributed by atoms with E-state index in [0.29, 0.717) is 12.1 Å². The number of likely N-dealkylation sites (N-methyl/N-ethyl adjacent to an activating group) is 1. The molecule has 1 fully saturated rings.